The van der Waals surface area contributed by atoms with Crippen LogP contribution in [0.5, 0.6) is 0 Å². The Hall–Kier alpha value is -1.10. The second-order valence-electron chi connectivity index (χ2n) is 4.60. The Morgan fingerprint density at radius 2 is 1.76 bits per heavy atom. The van der Waals surface area contributed by atoms with Crippen LogP contribution < -0.4 is 16.4 Å². The molecule has 0 aliphatic heterocycles. The molecule has 0 bridgehead atoms. The molecular formula is C12H25N3O2. The Bertz CT molecular complexity index is 254. The molecule has 4 N–H and O–H groups in total. The van der Waals surface area contributed by atoms with E-state index < -0.39 is 12.1 Å². The molecule has 2 unspecified atom stereocenters. The molecular weight excluding hydrogens is 218 g/mol. The highest BCUT2D eigenvalue weighted by molar-refractivity contribution is 5.89. The van der Waals surface area contributed by atoms with Crippen molar-refractivity contribution in [3.8, 4) is 0 Å². The van der Waals surface area contributed by atoms with E-state index in [1.807, 2.05) is 27.7 Å². The summed E-state index contributed by atoms with van der Waals surface area (Å²) in [5.41, 5.74) is 5.75. The summed E-state index contributed by atoms with van der Waals surface area (Å²) in [6, 6.07) is -1.03. The van der Waals surface area contributed by atoms with Gasteiger partial charge >= 0.3 is 0 Å². The van der Waals surface area contributed by atoms with Crippen molar-refractivity contribution in [1.29, 1.82) is 0 Å². The normalized spacial score (nSPS) is 14.2. The van der Waals surface area contributed by atoms with Crippen LogP contribution in [0.4, 0.5) is 0 Å². The van der Waals surface area contributed by atoms with Gasteiger partial charge in [0, 0.05) is 6.54 Å². The third-order valence-corrected chi connectivity index (χ3v) is 2.45. The predicted octanol–water partition coefficient (Wildman–Crippen LogP) is 0.391. The van der Waals surface area contributed by atoms with Crippen molar-refractivity contribution < 1.29 is 9.59 Å². The van der Waals surface area contributed by atoms with Gasteiger partial charge in [-0.3, -0.25) is 9.59 Å². The molecule has 0 aromatic carbocycles. The van der Waals surface area contributed by atoms with Gasteiger partial charge in [0.25, 0.3) is 0 Å². The van der Waals surface area contributed by atoms with Crippen LogP contribution in [0.15, 0.2) is 0 Å². The lowest BCUT2D eigenvalue weighted by molar-refractivity contribution is -0.129. The number of nitrogens with one attached hydrogen (secondary N) is 2. The van der Waals surface area contributed by atoms with Crippen molar-refractivity contribution in [3.63, 3.8) is 0 Å². The maximum atomic E-state index is 11.7. The van der Waals surface area contributed by atoms with E-state index in [9.17, 15) is 9.59 Å². The van der Waals surface area contributed by atoms with E-state index in [-0.39, 0.29) is 11.8 Å². The smallest absolute Gasteiger partial charge is 0.242 e. The molecule has 2 amide bonds. The molecule has 0 aromatic heterocycles. The van der Waals surface area contributed by atoms with Crippen molar-refractivity contribution in [1.82, 2.24) is 10.6 Å². The van der Waals surface area contributed by atoms with Gasteiger partial charge in [0.1, 0.15) is 6.04 Å². The molecule has 0 aromatic rings. The molecule has 0 spiro atoms. The maximum Gasteiger partial charge on any atom is 0.242 e. The van der Waals surface area contributed by atoms with Crippen LogP contribution in [0.3, 0.4) is 0 Å². The van der Waals surface area contributed by atoms with Gasteiger partial charge in [-0.2, -0.15) is 0 Å². The van der Waals surface area contributed by atoms with Crippen LogP contribution in [0.25, 0.3) is 0 Å². The molecule has 100 valence electrons. The van der Waals surface area contributed by atoms with Gasteiger partial charge < -0.3 is 16.4 Å². The lowest BCUT2D eigenvalue weighted by atomic mass is 10.0. The highest BCUT2D eigenvalue weighted by Crippen LogP contribution is 2.03. The van der Waals surface area contributed by atoms with E-state index in [4.69, 9.17) is 5.73 Å². The fraction of sp³-hybridized carbons (Fsp3) is 0.833. The van der Waals surface area contributed by atoms with Crippen molar-refractivity contribution in [2.45, 2.75) is 52.6 Å². The van der Waals surface area contributed by atoms with Gasteiger partial charge in [0.15, 0.2) is 0 Å². The van der Waals surface area contributed by atoms with Crippen LogP contribution >= 0.6 is 0 Å². The SMILES string of the molecule is CCNC(=O)C(CC)NC(=O)C(N)CC(C)C. The fourth-order valence-electron chi connectivity index (χ4n) is 1.54. The number of rotatable bonds is 7. The van der Waals surface area contributed by atoms with E-state index in [1.54, 1.807) is 0 Å². The Morgan fingerprint density at radius 1 is 1.18 bits per heavy atom. The monoisotopic (exact) mass is 243 g/mol. The summed E-state index contributed by atoms with van der Waals surface area (Å²) in [6.45, 7) is 8.27. The van der Waals surface area contributed by atoms with Gasteiger partial charge in [-0.1, -0.05) is 20.8 Å². The standard InChI is InChI=1S/C12H25N3O2/c1-5-10(12(17)14-6-2)15-11(16)9(13)7-8(3)4/h8-10H,5-7,13H2,1-4H3,(H,14,17)(H,15,16). The second-order valence-corrected chi connectivity index (χ2v) is 4.60. The van der Waals surface area contributed by atoms with Gasteiger partial charge in [-0.05, 0) is 25.7 Å². The number of likely N-dealkylation sites (N-methyl/N-ethyl adjacent to an activating group) is 1. The molecule has 2 atom stereocenters. The molecule has 0 saturated carbocycles. The Labute approximate surface area is 104 Å². The van der Waals surface area contributed by atoms with Gasteiger partial charge in [0.05, 0.1) is 6.04 Å². The maximum absolute atomic E-state index is 11.7. The number of carbonyl (C=O) groups excluding carboxylic acids is 2. The van der Waals surface area contributed by atoms with Crippen molar-refractivity contribution in [2.75, 3.05) is 6.54 Å². The number of hydrogen-bond donors (Lipinski definition) is 3. The average molecular weight is 243 g/mol. The van der Waals surface area contributed by atoms with Crippen molar-refractivity contribution in [2.24, 2.45) is 11.7 Å². The Kier molecular flexibility index (Phi) is 7.54. The van der Waals surface area contributed by atoms with Gasteiger partial charge in [-0.15, -0.1) is 0 Å². The van der Waals surface area contributed by atoms with E-state index >= 15 is 0 Å². The van der Waals surface area contributed by atoms with Crippen LogP contribution in [-0.4, -0.2) is 30.4 Å². The highest BCUT2D eigenvalue weighted by atomic mass is 16.2. The topological polar surface area (TPSA) is 84.2 Å². The molecule has 0 aliphatic carbocycles. The van der Waals surface area contributed by atoms with Crippen molar-refractivity contribution >= 4 is 11.8 Å². The third kappa shape index (κ3) is 6.26. The number of hydrogen-bond acceptors (Lipinski definition) is 3. The first-order valence-corrected chi connectivity index (χ1v) is 6.25. The largest absolute Gasteiger partial charge is 0.355 e. The summed E-state index contributed by atoms with van der Waals surface area (Å²) in [6.07, 6.45) is 1.18. The molecule has 5 nitrogen and oxygen atoms in total. The first-order chi connectivity index (χ1) is 7.92. The first kappa shape index (κ1) is 15.9. The Balaban J connectivity index is 4.27. The van der Waals surface area contributed by atoms with E-state index in [1.165, 1.54) is 0 Å². The summed E-state index contributed by atoms with van der Waals surface area (Å²) >= 11 is 0. The zero-order chi connectivity index (χ0) is 13.4. The van der Waals surface area contributed by atoms with Crippen LogP contribution in [0.2, 0.25) is 0 Å². The lowest BCUT2D eigenvalue weighted by Gasteiger charge is -2.19. The summed E-state index contributed by atoms with van der Waals surface area (Å²) in [4.78, 5) is 23.3. The second kappa shape index (κ2) is 8.06. The van der Waals surface area contributed by atoms with E-state index in [0.29, 0.717) is 25.3 Å². The fourth-order valence-corrected chi connectivity index (χ4v) is 1.54. The highest BCUT2D eigenvalue weighted by Gasteiger charge is 2.22. The van der Waals surface area contributed by atoms with Gasteiger partial charge in [0.2, 0.25) is 11.8 Å². The quantitative estimate of drug-likeness (QED) is 0.605. The molecule has 0 aliphatic rings. The van der Waals surface area contributed by atoms with Gasteiger partial charge in [-0.25, -0.2) is 0 Å². The molecule has 0 heterocycles. The molecule has 0 fully saturated rings. The van der Waals surface area contributed by atoms with Crippen molar-refractivity contribution in [3.05, 3.63) is 0 Å². The Morgan fingerprint density at radius 3 is 2.18 bits per heavy atom. The zero-order valence-corrected chi connectivity index (χ0v) is 11.2. The summed E-state index contributed by atoms with van der Waals surface area (Å²) < 4.78 is 0. The minimum Gasteiger partial charge on any atom is -0.355 e. The number of amides is 2. The molecule has 0 radical (unpaired) electrons. The predicted molar refractivity (Wildman–Crippen MR) is 68.3 cm³/mol. The van der Waals surface area contributed by atoms with Crippen LogP contribution in [0.1, 0.15) is 40.5 Å². The summed E-state index contributed by atoms with van der Waals surface area (Å²) in [7, 11) is 0. The number of nitrogens with two attached hydrogens (primary N) is 1. The minimum absolute atomic E-state index is 0.153. The minimum atomic E-state index is -0.543. The molecule has 17 heavy (non-hydrogen) atoms. The van der Waals surface area contributed by atoms with E-state index in [0.717, 1.165) is 0 Å². The van der Waals surface area contributed by atoms with Crippen LogP contribution in [-0.2, 0) is 9.59 Å². The summed E-state index contributed by atoms with van der Waals surface area (Å²) in [5, 5.41) is 5.37. The molecule has 0 saturated heterocycles. The first-order valence-electron chi connectivity index (χ1n) is 6.25. The van der Waals surface area contributed by atoms with E-state index in [2.05, 4.69) is 10.6 Å². The molecule has 5 heteroatoms. The third-order valence-electron chi connectivity index (χ3n) is 2.45. The molecule has 0 rings (SSSR count). The number of carbonyl (C=O) groups is 2. The summed E-state index contributed by atoms with van der Waals surface area (Å²) in [5.74, 6) is -0.0443. The average Bonchev–Trinajstić information content (AvgIpc) is 2.24. The zero-order valence-electron chi connectivity index (χ0n) is 11.2. The van der Waals surface area contributed by atoms with Crippen LogP contribution in [0, 0.1) is 5.92 Å². The lowest BCUT2D eigenvalue weighted by Crippen LogP contribution is -2.51.